The lowest BCUT2D eigenvalue weighted by atomic mass is 9.78. The Balaban J connectivity index is 0.00000225. The highest BCUT2D eigenvalue weighted by atomic mass is 35.5. The smallest absolute Gasteiger partial charge is 0.124 e. The largest absolute Gasteiger partial charge is 0.496 e. The predicted octanol–water partition coefficient (Wildman–Crippen LogP) is 3.24. The van der Waals surface area contributed by atoms with Gasteiger partial charge in [0.1, 0.15) is 5.75 Å². The van der Waals surface area contributed by atoms with Crippen LogP contribution < -0.4 is 10.1 Å². The summed E-state index contributed by atoms with van der Waals surface area (Å²) in [5.74, 6) is 0.902. The van der Waals surface area contributed by atoms with E-state index in [-0.39, 0.29) is 30.5 Å². The lowest BCUT2D eigenvalue weighted by Crippen LogP contribution is -2.49. The molecule has 138 valence electrons. The van der Waals surface area contributed by atoms with Crippen molar-refractivity contribution in [3.05, 3.63) is 42.0 Å². The summed E-state index contributed by atoms with van der Waals surface area (Å²) in [5, 5.41) is 16.0. The summed E-state index contributed by atoms with van der Waals surface area (Å²) in [6.45, 7) is 8.31. The van der Waals surface area contributed by atoms with Gasteiger partial charge in [-0.15, -0.1) is 12.4 Å². The van der Waals surface area contributed by atoms with Gasteiger partial charge in [-0.3, -0.25) is 4.90 Å². The van der Waals surface area contributed by atoms with Crippen molar-refractivity contribution in [2.24, 2.45) is 5.41 Å². The summed E-state index contributed by atoms with van der Waals surface area (Å²) < 4.78 is 5.74. The van der Waals surface area contributed by atoms with Gasteiger partial charge in [0.25, 0.3) is 0 Å². The van der Waals surface area contributed by atoms with Crippen molar-refractivity contribution in [2.75, 3.05) is 39.9 Å². The first-order chi connectivity index (χ1) is 11.6. The van der Waals surface area contributed by atoms with Gasteiger partial charge in [-0.2, -0.15) is 0 Å². The highest BCUT2D eigenvalue weighted by molar-refractivity contribution is 5.88. The normalized spacial score (nSPS) is 17.1. The Labute approximate surface area is 156 Å². The van der Waals surface area contributed by atoms with Crippen molar-refractivity contribution in [2.45, 2.75) is 19.9 Å². The molecule has 1 aliphatic heterocycles. The number of methoxy groups -OCH3 is 1. The third kappa shape index (κ3) is 3.93. The van der Waals surface area contributed by atoms with Crippen LogP contribution in [0.4, 0.5) is 0 Å². The number of rotatable bonds is 5. The summed E-state index contributed by atoms with van der Waals surface area (Å²) in [6, 6.07) is 12.7. The minimum Gasteiger partial charge on any atom is -0.496 e. The van der Waals surface area contributed by atoms with E-state index in [1.807, 2.05) is 0 Å². The third-order valence-corrected chi connectivity index (χ3v) is 5.09. The molecule has 1 atom stereocenters. The summed E-state index contributed by atoms with van der Waals surface area (Å²) >= 11 is 0. The van der Waals surface area contributed by atoms with Crippen molar-refractivity contribution in [3.8, 4) is 5.75 Å². The van der Waals surface area contributed by atoms with Crippen LogP contribution in [0.25, 0.3) is 10.8 Å². The van der Waals surface area contributed by atoms with Gasteiger partial charge in [-0.1, -0.05) is 44.2 Å². The molecule has 0 amide bonds. The molecular weight excluding hydrogens is 336 g/mol. The van der Waals surface area contributed by atoms with Crippen LogP contribution in [-0.4, -0.2) is 49.9 Å². The second-order valence-electron chi connectivity index (χ2n) is 7.24. The van der Waals surface area contributed by atoms with Gasteiger partial charge in [-0.05, 0) is 16.8 Å². The molecule has 0 saturated carbocycles. The minimum atomic E-state index is -0.269. The Kier molecular flexibility index (Phi) is 6.69. The second kappa shape index (κ2) is 8.37. The van der Waals surface area contributed by atoms with Crippen LogP contribution in [0.1, 0.15) is 25.5 Å². The number of piperazine rings is 1. The molecule has 1 heterocycles. The number of benzene rings is 2. The number of nitrogens with one attached hydrogen (secondary N) is 1. The zero-order valence-corrected chi connectivity index (χ0v) is 16.1. The van der Waals surface area contributed by atoms with Crippen molar-refractivity contribution in [1.29, 1.82) is 0 Å². The van der Waals surface area contributed by atoms with Crippen LogP contribution in [-0.2, 0) is 0 Å². The van der Waals surface area contributed by atoms with Crippen molar-refractivity contribution >= 4 is 23.2 Å². The average Bonchev–Trinajstić information content (AvgIpc) is 2.63. The first-order valence-electron chi connectivity index (χ1n) is 8.70. The lowest BCUT2D eigenvalue weighted by Gasteiger charge is -2.44. The Morgan fingerprint density at radius 1 is 1.16 bits per heavy atom. The van der Waals surface area contributed by atoms with E-state index in [0.717, 1.165) is 31.9 Å². The summed E-state index contributed by atoms with van der Waals surface area (Å²) in [7, 11) is 1.73. The Morgan fingerprint density at radius 2 is 1.84 bits per heavy atom. The molecule has 0 radical (unpaired) electrons. The number of ether oxygens (including phenoxy) is 1. The molecule has 0 aromatic heterocycles. The topological polar surface area (TPSA) is 44.7 Å². The van der Waals surface area contributed by atoms with Gasteiger partial charge in [-0.25, -0.2) is 0 Å². The van der Waals surface area contributed by atoms with Crippen LogP contribution in [0.3, 0.4) is 0 Å². The molecule has 0 spiro atoms. The molecule has 25 heavy (non-hydrogen) atoms. The SMILES string of the molecule is COc1ccc2ccccc2c1[C@H](N1CCNCC1)C(C)(C)CO.Cl. The molecule has 1 saturated heterocycles. The maximum absolute atomic E-state index is 10.1. The first-order valence-corrected chi connectivity index (χ1v) is 8.70. The minimum absolute atomic E-state index is 0. The van der Waals surface area contributed by atoms with Crippen molar-refractivity contribution in [1.82, 2.24) is 10.2 Å². The molecule has 3 rings (SSSR count). The van der Waals surface area contributed by atoms with Crippen LogP contribution in [0, 0.1) is 5.41 Å². The van der Waals surface area contributed by atoms with Gasteiger partial charge >= 0.3 is 0 Å². The summed E-state index contributed by atoms with van der Waals surface area (Å²) in [5.41, 5.74) is 0.922. The van der Waals surface area contributed by atoms with Gasteiger partial charge in [0.15, 0.2) is 0 Å². The van der Waals surface area contributed by atoms with Gasteiger partial charge in [0.2, 0.25) is 0 Å². The second-order valence-corrected chi connectivity index (χ2v) is 7.24. The summed E-state index contributed by atoms with van der Waals surface area (Å²) in [6.07, 6.45) is 0. The molecule has 1 fully saturated rings. The van der Waals surface area contributed by atoms with E-state index in [4.69, 9.17) is 4.74 Å². The van der Waals surface area contributed by atoms with E-state index < -0.39 is 0 Å². The Bertz CT molecular complexity index is 699. The van der Waals surface area contributed by atoms with E-state index in [2.05, 4.69) is 60.5 Å². The molecule has 0 aliphatic carbocycles. The fraction of sp³-hybridized carbons (Fsp3) is 0.500. The highest BCUT2D eigenvalue weighted by Crippen LogP contribution is 2.45. The number of hydrogen-bond acceptors (Lipinski definition) is 4. The van der Waals surface area contributed by atoms with Crippen molar-refractivity contribution < 1.29 is 9.84 Å². The predicted molar refractivity (Wildman–Crippen MR) is 106 cm³/mol. The maximum atomic E-state index is 10.1. The molecule has 4 nitrogen and oxygen atoms in total. The fourth-order valence-electron chi connectivity index (χ4n) is 3.83. The van der Waals surface area contributed by atoms with E-state index in [0.29, 0.717) is 0 Å². The molecule has 0 bridgehead atoms. The molecule has 2 aromatic carbocycles. The van der Waals surface area contributed by atoms with Crippen LogP contribution in [0.2, 0.25) is 0 Å². The zero-order chi connectivity index (χ0) is 17.2. The molecule has 0 unspecified atom stereocenters. The van der Waals surface area contributed by atoms with E-state index in [1.165, 1.54) is 16.3 Å². The number of aliphatic hydroxyl groups excluding tert-OH is 1. The highest BCUT2D eigenvalue weighted by Gasteiger charge is 2.38. The van der Waals surface area contributed by atoms with Crippen LogP contribution in [0.5, 0.6) is 5.75 Å². The molecule has 2 aromatic rings. The first kappa shape index (κ1) is 20.0. The molecular formula is C20H29ClN2O2. The number of halogens is 1. The van der Waals surface area contributed by atoms with Crippen LogP contribution >= 0.6 is 12.4 Å². The average molecular weight is 365 g/mol. The summed E-state index contributed by atoms with van der Waals surface area (Å²) in [4.78, 5) is 2.48. The standard InChI is InChI=1S/C20H28N2O2.ClH/c1-20(2,14-23)19(22-12-10-21-11-13-22)18-16-7-5-4-6-15(16)8-9-17(18)24-3;/h4-9,19,21,23H,10-14H2,1-3H3;1H/t19-;/m0./s1. The number of nitrogens with zero attached hydrogens (tertiary/aromatic N) is 1. The fourth-order valence-corrected chi connectivity index (χ4v) is 3.83. The van der Waals surface area contributed by atoms with Gasteiger partial charge in [0.05, 0.1) is 7.11 Å². The third-order valence-electron chi connectivity index (χ3n) is 5.09. The number of hydrogen-bond donors (Lipinski definition) is 2. The van der Waals surface area contributed by atoms with Gasteiger partial charge < -0.3 is 15.2 Å². The number of fused-ring (bicyclic) bond motifs is 1. The van der Waals surface area contributed by atoms with Crippen LogP contribution in [0.15, 0.2) is 36.4 Å². The number of aliphatic hydroxyl groups is 1. The zero-order valence-electron chi connectivity index (χ0n) is 15.3. The van der Waals surface area contributed by atoms with Gasteiger partial charge in [0, 0.05) is 49.8 Å². The lowest BCUT2D eigenvalue weighted by molar-refractivity contribution is 0.0301. The van der Waals surface area contributed by atoms with E-state index in [1.54, 1.807) is 7.11 Å². The Hall–Kier alpha value is -1.33. The molecule has 5 heteroatoms. The molecule has 2 N–H and O–H groups in total. The quantitative estimate of drug-likeness (QED) is 0.855. The van der Waals surface area contributed by atoms with E-state index in [9.17, 15) is 5.11 Å². The van der Waals surface area contributed by atoms with E-state index >= 15 is 0 Å². The molecule has 1 aliphatic rings. The Morgan fingerprint density at radius 3 is 2.48 bits per heavy atom. The van der Waals surface area contributed by atoms with Crippen molar-refractivity contribution in [3.63, 3.8) is 0 Å². The monoisotopic (exact) mass is 364 g/mol. The maximum Gasteiger partial charge on any atom is 0.124 e.